The second-order valence-corrected chi connectivity index (χ2v) is 7.44. The number of hydrogen-bond acceptors (Lipinski definition) is 3. The Balaban J connectivity index is 3.10. The molecule has 0 aliphatic heterocycles. The van der Waals surface area contributed by atoms with Crippen LogP contribution in [0.15, 0.2) is 23.1 Å². The number of benzene rings is 1. The van der Waals surface area contributed by atoms with Crippen LogP contribution in [0.2, 0.25) is 0 Å². The Morgan fingerprint density at radius 3 is 2.33 bits per heavy atom. The highest BCUT2D eigenvalue weighted by Gasteiger charge is 2.20. The molecule has 0 aliphatic rings. The number of sulfonamides is 1. The van der Waals surface area contributed by atoms with Crippen LogP contribution < -0.4 is 10.0 Å². The number of nitrogens with one attached hydrogen (secondary N) is 2. The van der Waals surface area contributed by atoms with Crippen molar-refractivity contribution in [3.63, 3.8) is 0 Å². The Bertz CT molecular complexity index is 553. The highest BCUT2D eigenvalue weighted by Crippen LogP contribution is 2.19. The van der Waals surface area contributed by atoms with E-state index in [4.69, 9.17) is 0 Å². The van der Waals surface area contributed by atoms with Gasteiger partial charge in [0.15, 0.2) is 0 Å². The molecule has 1 atom stereocenters. The van der Waals surface area contributed by atoms with Gasteiger partial charge in [0.05, 0.1) is 4.90 Å². The van der Waals surface area contributed by atoms with Gasteiger partial charge in [-0.1, -0.05) is 39.8 Å². The van der Waals surface area contributed by atoms with Crippen LogP contribution in [-0.4, -0.2) is 20.5 Å². The van der Waals surface area contributed by atoms with Gasteiger partial charge in [-0.3, -0.25) is 0 Å². The van der Waals surface area contributed by atoms with Gasteiger partial charge in [-0.25, -0.2) is 13.1 Å². The summed E-state index contributed by atoms with van der Waals surface area (Å²) in [5, 5.41) is 3.31. The summed E-state index contributed by atoms with van der Waals surface area (Å²) in [7, 11) is -3.45. The summed E-state index contributed by atoms with van der Waals surface area (Å²) in [6, 6.07) is 6.02. The molecule has 21 heavy (non-hydrogen) atoms. The van der Waals surface area contributed by atoms with Gasteiger partial charge in [0.25, 0.3) is 0 Å². The van der Waals surface area contributed by atoms with E-state index in [1.807, 2.05) is 32.9 Å². The summed E-state index contributed by atoms with van der Waals surface area (Å²) < 4.78 is 27.8. The molecule has 120 valence electrons. The molecule has 0 bridgehead atoms. The minimum atomic E-state index is -3.45. The van der Waals surface area contributed by atoms with Gasteiger partial charge < -0.3 is 5.32 Å². The lowest BCUT2D eigenvalue weighted by molar-refractivity contribution is 0.554. The van der Waals surface area contributed by atoms with Gasteiger partial charge in [0, 0.05) is 18.6 Å². The quantitative estimate of drug-likeness (QED) is 0.776. The van der Waals surface area contributed by atoms with Gasteiger partial charge in [0.2, 0.25) is 10.0 Å². The Labute approximate surface area is 129 Å². The van der Waals surface area contributed by atoms with E-state index in [-0.39, 0.29) is 6.04 Å². The van der Waals surface area contributed by atoms with E-state index in [1.54, 1.807) is 6.07 Å². The van der Waals surface area contributed by atoms with E-state index < -0.39 is 10.0 Å². The molecule has 0 saturated carbocycles. The highest BCUT2D eigenvalue weighted by molar-refractivity contribution is 7.89. The third kappa shape index (κ3) is 5.41. The molecule has 0 radical (unpaired) electrons. The lowest BCUT2D eigenvalue weighted by Gasteiger charge is -2.16. The maximum atomic E-state index is 12.5. The molecule has 0 fully saturated rings. The maximum absolute atomic E-state index is 12.5. The molecule has 2 N–H and O–H groups in total. The molecule has 0 aliphatic carbocycles. The number of rotatable bonds is 8. The summed E-state index contributed by atoms with van der Waals surface area (Å²) in [5.41, 5.74) is 1.85. The molecule has 4 nitrogen and oxygen atoms in total. The van der Waals surface area contributed by atoms with Crippen LogP contribution in [0.5, 0.6) is 0 Å². The zero-order valence-electron chi connectivity index (χ0n) is 13.7. The Kier molecular flexibility index (Phi) is 6.84. The average molecular weight is 312 g/mol. The zero-order valence-corrected chi connectivity index (χ0v) is 14.5. The van der Waals surface area contributed by atoms with Crippen LogP contribution >= 0.6 is 0 Å². The molecule has 0 aromatic heterocycles. The van der Waals surface area contributed by atoms with Gasteiger partial charge in [-0.05, 0) is 37.0 Å². The molecule has 1 rings (SSSR count). The van der Waals surface area contributed by atoms with Crippen molar-refractivity contribution in [2.75, 3.05) is 0 Å². The van der Waals surface area contributed by atoms with Gasteiger partial charge in [-0.2, -0.15) is 0 Å². The van der Waals surface area contributed by atoms with Crippen molar-refractivity contribution in [1.82, 2.24) is 10.0 Å². The van der Waals surface area contributed by atoms with E-state index >= 15 is 0 Å². The van der Waals surface area contributed by atoms with Crippen molar-refractivity contribution >= 4 is 10.0 Å². The maximum Gasteiger partial charge on any atom is 0.241 e. The van der Waals surface area contributed by atoms with E-state index in [0.29, 0.717) is 23.9 Å². The van der Waals surface area contributed by atoms with Crippen molar-refractivity contribution in [2.45, 2.75) is 71.0 Å². The van der Waals surface area contributed by atoms with Crippen LogP contribution in [0.4, 0.5) is 0 Å². The molecular formula is C16H28N2O2S. The van der Waals surface area contributed by atoms with E-state index in [0.717, 1.165) is 17.5 Å². The van der Waals surface area contributed by atoms with Crippen molar-refractivity contribution in [1.29, 1.82) is 0 Å². The van der Waals surface area contributed by atoms with Crippen molar-refractivity contribution < 1.29 is 8.42 Å². The molecular weight excluding hydrogens is 284 g/mol. The topological polar surface area (TPSA) is 58.2 Å². The first-order valence-corrected chi connectivity index (χ1v) is 9.16. The minimum absolute atomic E-state index is 0.0582. The van der Waals surface area contributed by atoms with Crippen molar-refractivity contribution in [3.05, 3.63) is 29.3 Å². The van der Waals surface area contributed by atoms with Crippen LogP contribution in [0.3, 0.4) is 0 Å². The molecule has 1 unspecified atom stereocenters. The van der Waals surface area contributed by atoms with E-state index in [2.05, 4.69) is 23.9 Å². The SMILES string of the molecule is CCc1ccc(CNC(C)C)cc1S(=O)(=O)NC(C)CC. The molecule has 1 aromatic rings. The predicted octanol–water partition coefficient (Wildman–Crippen LogP) is 2.82. The van der Waals surface area contributed by atoms with Crippen LogP contribution in [-0.2, 0) is 23.0 Å². The highest BCUT2D eigenvalue weighted by atomic mass is 32.2. The minimum Gasteiger partial charge on any atom is -0.310 e. The fraction of sp³-hybridized carbons (Fsp3) is 0.625. The lowest BCUT2D eigenvalue weighted by Crippen LogP contribution is -2.32. The van der Waals surface area contributed by atoms with E-state index in [9.17, 15) is 8.42 Å². The van der Waals surface area contributed by atoms with Crippen LogP contribution in [0.25, 0.3) is 0 Å². The summed E-state index contributed by atoms with van der Waals surface area (Å²) in [6.45, 7) is 10.6. The predicted molar refractivity (Wildman–Crippen MR) is 87.9 cm³/mol. The fourth-order valence-electron chi connectivity index (χ4n) is 1.98. The Hall–Kier alpha value is -0.910. The summed E-state index contributed by atoms with van der Waals surface area (Å²) in [6.07, 6.45) is 1.48. The summed E-state index contributed by atoms with van der Waals surface area (Å²) in [5.74, 6) is 0. The standard InChI is InChI=1S/C16H28N2O2S/c1-6-13(5)18-21(19,20)16-10-14(11-17-12(3)4)8-9-15(16)7-2/h8-10,12-13,17-18H,6-7,11H2,1-5H3. The first kappa shape index (κ1) is 18.1. The summed E-state index contributed by atoms with van der Waals surface area (Å²) >= 11 is 0. The smallest absolute Gasteiger partial charge is 0.241 e. The second kappa shape index (κ2) is 7.92. The first-order chi connectivity index (χ1) is 9.80. The average Bonchev–Trinajstić information content (AvgIpc) is 2.44. The van der Waals surface area contributed by atoms with Crippen molar-refractivity contribution in [2.24, 2.45) is 0 Å². The third-order valence-corrected chi connectivity index (χ3v) is 5.16. The van der Waals surface area contributed by atoms with Gasteiger partial charge >= 0.3 is 0 Å². The van der Waals surface area contributed by atoms with Gasteiger partial charge in [0.1, 0.15) is 0 Å². The fourth-order valence-corrected chi connectivity index (χ4v) is 3.67. The largest absolute Gasteiger partial charge is 0.310 e. The summed E-state index contributed by atoms with van der Waals surface area (Å²) in [4.78, 5) is 0.411. The van der Waals surface area contributed by atoms with Crippen LogP contribution in [0.1, 0.15) is 52.2 Å². The Morgan fingerprint density at radius 1 is 1.14 bits per heavy atom. The van der Waals surface area contributed by atoms with Crippen molar-refractivity contribution in [3.8, 4) is 0 Å². The van der Waals surface area contributed by atoms with Gasteiger partial charge in [-0.15, -0.1) is 0 Å². The third-order valence-electron chi connectivity index (χ3n) is 3.49. The molecule has 0 spiro atoms. The Morgan fingerprint density at radius 2 is 1.81 bits per heavy atom. The van der Waals surface area contributed by atoms with Crippen LogP contribution in [0, 0.1) is 0 Å². The molecule has 0 amide bonds. The number of hydrogen-bond donors (Lipinski definition) is 2. The first-order valence-electron chi connectivity index (χ1n) is 7.67. The molecule has 0 saturated heterocycles. The molecule has 1 aromatic carbocycles. The normalized spacial score (nSPS) is 13.6. The number of aryl methyl sites for hydroxylation is 1. The second-order valence-electron chi connectivity index (χ2n) is 5.76. The molecule has 5 heteroatoms. The lowest BCUT2D eigenvalue weighted by atomic mass is 10.1. The van der Waals surface area contributed by atoms with E-state index in [1.165, 1.54) is 0 Å². The zero-order chi connectivity index (χ0) is 16.0. The monoisotopic (exact) mass is 312 g/mol. The molecule has 0 heterocycles.